The third-order valence-electron chi connectivity index (χ3n) is 4.48. The van der Waals surface area contributed by atoms with Gasteiger partial charge < -0.3 is 5.32 Å². The first-order chi connectivity index (χ1) is 8.99. The van der Waals surface area contributed by atoms with E-state index in [4.69, 9.17) is 0 Å². The lowest BCUT2D eigenvalue weighted by Gasteiger charge is -2.37. The van der Waals surface area contributed by atoms with Crippen LogP contribution in [0.3, 0.4) is 0 Å². The fourth-order valence-corrected chi connectivity index (χ4v) is 3.20. The van der Waals surface area contributed by atoms with Gasteiger partial charge >= 0.3 is 0 Å². The summed E-state index contributed by atoms with van der Waals surface area (Å²) in [6.45, 7) is 7.89. The molecule has 0 saturated heterocycles. The Balaban J connectivity index is 1.94. The number of nitrogens with one attached hydrogen (secondary N) is 1. The number of rotatable bonds is 4. The molecule has 2 rings (SSSR count). The molecule has 106 valence electrons. The molecule has 1 fully saturated rings. The number of hydrogen-bond acceptors (Lipinski definition) is 2. The van der Waals surface area contributed by atoms with Gasteiger partial charge in [0.05, 0.1) is 0 Å². The van der Waals surface area contributed by atoms with Crippen molar-refractivity contribution in [2.75, 3.05) is 11.9 Å². The van der Waals surface area contributed by atoms with Gasteiger partial charge in [-0.1, -0.05) is 33.1 Å². The number of anilines is 1. The summed E-state index contributed by atoms with van der Waals surface area (Å²) in [5, 5.41) is 3.52. The number of hydrogen-bond donors (Lipinski definition) is 1. The smallest absolute Gasteiger partial charge is 0.126 e. The number of aryl methyl sites for hydroxylation is 1. The van der Waals surface area contributed by atoms with Gasteiger partial charge in [-0.3, -0.25) is 0 Å². The van der Waals surface area contributed by atoms with Crippen molar-refractivity contribution < 1.29 is 0 Å². The lowest BCUT2D eigenvalue weighted by Crippen LogP contribution is -2.33. The van der Waals surface area contributed by atoms with Crippen LogP contribution in [0.5, 0.6) is 0 Å². The van der Waals surface area contributed by atoms with E-state index in [0.29, 0.717) is 5.41 Å². The molecule has 0 spiro atoms. The van der Waals surface area contributed by atoms with Crippen LogP contribution >= 0.6 is 15.9 Å². The molecule has 1 saturated carbocycles. The summed E-state index contributed by atoms with van der Waals surface area (Å²) in [7, 11) is 0. The van der Waals surface area contributed by atoms with Crippen LogP contribution in [0, 0.1) is 18.3 Å². The third kappa shape index (κ3) is 3.95. The molecule has 0 radical (unpaired) electrons. The van der Waals surface area contributed by atoms with E-state index < -0.39 is 0 Å². The van der Waals surface area contributed by atoms with Crippen molar-refractivity contribution in [3.05, 3.63) is 22.3 Å². The second kappa shape index (κ2) is 6.25. The molecule has 0 unspecified atom stereocenters. The predicted octanol–water partition coefficient (Wildman–Crippen LogP) is 5.17. The van der Waals surface area contributed by atoms with Crippen LogP contribution in [0.4, 0.5) is 5.82 Å². The zero-order valence-corrected chi connectivity index (χ0v) is 13.9. The highest BCUT2D eigenvalue weighted by molar-refractivity contribution is 9.10. The minimum absolute atomic E-state index is 0.350. The van der Waals surface area contributed by atoms with Crippen molar-refractivity contribution in [1.29, 1.82) is 0 Å². The van der Waals surface area contributed by atoms with Gasteiger partial charge in [0.1, 0.15) is 5.82 Å². The summed E-state index contributed by atoms with van der Waals surface area (Å²) >= 11 is 3.49. The van der Waals surface area contributed by atoms with Crippen molar-refractivity contribution >= 4 is 21.7 Å². The van der Waals surface area contributed by atoms with Crippen LogP contribution in [0.1, 0.15) is 51.5 Å². The molecule has 1 aromatic rings. The minimum Gasteiger partial charge on any atom is -0.370 e. The molecule has 1 heterocycles. The van der Waals surface area contributed by atoms with Gasteiger partial charge in [0, 0.05) is 17.2 Å². The summed E-state index contributed by atoms with van der Waals surface area (Å²) in [4.78, 5) is 4.43. The van der Waals surface area contributed by atoms with Gasteiger partial charge in [-0.2, -0.15) is 0 Å². The Labute approximate surface area is 125 Å². The van der Waals surface area contributed by atoms with Crippen molar-refractivity contribution in [3.8, 4) is 0 Å². The number of halogens is 1. The van der Waals surface area contributed by atoms with Crippen LogP contribution in [0.2, 0.25) is 0 Å². The van der Waals surface area contributed by atoms with E-state index in [2.05, 4.69) is 53.1 Å². The zero-order chi connectivity index (χ0) is 13.9. The second-order valence-electron chi connectivity index (χ2n) is 6.50. The molecular formula is C16H25BrN2. The van der Waals surface area contributed by atoms with Crippen LogP contribution in [0.15, 0.2) is 16.7 Å². The summed E-state index contributed by atoms with van der Waals surface area (Å²) in [5.41, 5.74) is 1.58. The molecule has 0 bridgehead atoms. The van der Waals surface area contributed by atoms with Gasteiger partial charge in [0.15, 0.2) is 0 Å². The average molecular weight is 325 g/mol. The largest absolute Gasteiger partial charge is 0.370 e. The zero-order valence-electron chi connectivity index (χ0n) is 12.3. The van der Waals surface area contributed by atoms with Crippen molar-refractivity contribution in [1.82, 2.24) is 4.98 Å². The molecule has 1 aliphatic rings. The van der Waals surface area contributed by atoms with Crippen molar-refractivity contribution in [3.63, 3.8) is 0 Å². The molecule has 1 aliphatic carbocycles. The molecule has 0 amide bonds. The summed E-state index contributed by atoms with van der Waals surface area (Å²) < 4.78 is 1.07. The average Bonchev–Trinajstić information content (AvgIpc) is 2.41. The van der Waals surface area contributed by atoms with Crippen LogP contribution < -0.4 is 5.32 Å². The monoisotopic (exact) mass is 324 g/mol. The Bertz CT molecular complexity index is 423. The normalized spacial score (nSPS) is 17.5. The van der Waals surface area contributed by atoms with Gasteiger partial charge in [0.25, 0.3) is 0 Å². The molecule has 2 nitrogen and oxygen atoms in total. The number of pyridine rings is 1. The van der Waals surface area contributed by atoms with Crippen molar-refractivity contribution in [2.45, 2.75) is 52.9 Å². The van der Waals surface area contributed by atoms with E-state index >= 15 is 0 Å². The maximum atomic E-state index is 4.43. The van der Waals surface area contributed by atoms with Gasteiger partial charge in [0.2, 0.25) is 0 Å². The number of nitrogens with zero attached hydrogens (tertiary/aromatic N) is 1. The van der Waals surface area contributed by atoms with E-state index in [-0.39, 0.29) is 0 Å². The van der Waals surface area contributed by atoms with Crippen LogP contribution in [-0.2, 0) is 0 Å². The minimum atomic E-state index is 0.350. The van der Waals surface area contributed by atoms with Crippen molar-refractivity contribution in [2.24, 2.45) is 11.3 Å². The Hall–Kier alpha value is -0.570. The van der Waals surface area contributed by atoms with Crippen LogP contribution in [-0.4, -0.2) is 11.5 Å². The molecule has 1 N–H and O–H groups in total. The Morgan fingerprint density at radius 3 is 2.63 bits per heavy atom. The molecule has 1 aromatic heterocycles. The van der Waals surface area contributed by atoms with E-state index in [1.54, 1.807) is 0 Å². The van der Waals surface area contributed by atoms with Gasteiger partial charge in [-0.15, -0.1) is 0 Å². The lowest BCUT2D eigenvalue weighted by molar-refractivity contribution is 0.171. The summed E-state index contributed by atoms with van der Waals surface area (Å²) in [5.74, 6) is 1.84. The molecular weight excluding hydrogens is 300 g/mol. The van der Waals surface area contributed by atoms with Gasteiger partial charge in [-0.25, -0.2) is 4.98 Å². The SMILES string of the molecule is Cc1cc(NCC(C)(C)C2CCCCC2)ncc1Br. The first-order valence-corrected chi connectivity index (χ1v) is 8.14. The summed E-state index contributed by atoms with van der Waals surface area (Å²) in [6, 6.07) is 2.11. The first kappa shape index (κ1) is 14.8. The third-order valence-corrected chi connectivity index (χ3v) is 5.31. The maximum absolute atomic E-state index is 4.43. The fraction of sp³-hybridized carbons (Fsp3) is 0.688. The van der Waals surface area contributed by atoms with E-state index in [1.165, 1.54) is 37.7 Å². The molecule has 0 aromatic carbocycles. The molecule has 19 heavy (non-hydrogen) atoms. The first-order valence-electron chi connectivity index (χ1n) is 7.35. The topological polar surface area (TPSA) is 24.9 Å². The lowest BCUT2D eigenvalue weighted by atomic mass is 9.71. The maximum Gasteiger partial charge on any atom is 0.126 e. The quantitative estimate of drug-likeness (QED) is 0.826. The molecule has 0 aliphatic heterocycles. The fourth-order valence-electron chi connectivity index (χ4n) is 2.98. The Morgan fingerprint density at radius 1 is 1.32 bits per heavy atom. The highest BCUT2D eigenvalue weighted by atomic mass is 79.9. The van der Waals surface area contributed by atoms with E-state index in [1.807, 2.05) is 6.20 Å². The molecule has 3 heteroatoms. The second-order valence-corrected chi connectivity index (χ2v) is 7.35. The van der Waals surface area contributed by atoms with Crippen LogP contribution in [0.25, 0.3) is 0 Å². The molecule has 0 atom stereocenters. The highest BCUT2D eigenvalue weighted by Crippen LogP contribution is 2.38. The Morgan fingerprint density at radius 2 is 2.00 bits per heavy atom. The highest BCUT2D eigenvalue weighted by Gasteiger charge is 2.30. The number of aromatic nitrogens is 1. The van der Waals surface area contributed by atoms with E-state index in [9.17, 15) is 0 Å². The predicted molar refractivity (Wildman–Crippen MR) is 85.5 cm³/mol. The Kier molecular flexibility index (Phi) is 4.88. The standard InChI is InChI=1S/C16H25BrN2/c1-12-9-15(18-10-14(12)17)19-11-16(2,3)13-7-5-4-6-8-13/h9-10,13H,4-8,11H2,1-3H3,(H,18,19). The van der Waals surface area contributed by atoms with Gasteiger partial charge in [-0.05, 0) is 58.7 Å². The summed E-state index contributed by atoms with van der Waals surface area (Å²) in [6.07, 6.45) is 8.90. The van der Waals surface area contributed by atoms with E-state index in [0.717, 1.165) is 22.8 Å².